The summed E-state index contributed by atoms with van der Waals surface area (Å²) in [6.07, 6.45) is 3.80. The maximum atomic E-state index is 12.7. The van der Waals surface area contributed by atoms with Gasteiger partial charge >= 0.3 is 0 Å². The van der Waals surface area contributed by atoms with Crippen LogP contribution in [0.2, 0.25) is 0 Å². The van der Waals surface area contributed by atoms with Crippen LogP contribution in [0.3, 0.4) is 0 Å². The van der Waals surface area contributed by atoms with E-state index < -0.39 is 12.2 Å². The van der Waals surface area contributed by atoms with Gasteiger partial charge in [-0.1, -0.05) is 37.5 Å². The summed E-state index contributed by atoms with van der Waals surface area (Å²) in [5.41, 5.74) is 0.664. The second-order valence-electron chi connectivity index (χ2n) is 6.42. The van der Waals surface area contributed by atoms with Crippen molar-refractivity contribution in [3.05, 3.63) is 35.9 Å². The third-order valence-electron chi connectivity index (χ3n) is 4.45. The molecule has 0 saturated carbocycles. The lowest BCUT2D eigenvalue weighted by Crippen LogP contribution is -2.38. The van der Waals surface area contributed by atoms with Gasteiger partial charge in [-0.2, -0.15) is 0 Å². The van der Waals surface area contributed by atoms with Gasteiger partial charge in [0.05, 0.1) is 12.7 Å². The number of aliphatic hydroxyl groups excluding tert-OH is 2. The molecule has 1 aromatic rings. The second kappa shape index (κ2) is 10.4. The molecular formula is C19H29NO4. The number of nitrogens with zero attached hydrogens (tertiary/aromatic N) is 1. The highest BCUT2D eigenvalue weighted by atomic mass is 16.5. The van der Waals surface area contributed by atoms with E-state index in [2.05, 4.69) is 0 Å². The van der Waals surface area contributed by atoms with Crippen molar-refractivity contribution in [3.63, 3.8) is 0 Å². The van der Waals surface area contributed by atoms with Crippen LogP contribution < -0.4 is 0 Å². The maximum Gasteiger partial charge on any atom is 0.253 e. The number of rotatable bonds is 1. The number of benzene rings is 1. The molecule has 2 N–H and O–H groups in total. The molecule has 2 rings (SSSR count). The molecule has 1 aromatic carbocycles. The summed E-state index contributed by atoms with van der Waals surface area (Å²) in [6.45, 7) is 1.90. The molecule has 24 heavy (non-hydrogen) atoms. The average molecular weight is 335 g/mol. The largest absolute Gasteiger partial charge is 0.390 e. The van der Waals surface area contributed by atoms with Crippen molar-refractivity contribution >= 4 is 5.91 Å². The minimum absolute atomic E-state index is 0.0133. The molecule has 1 fully saturated rings. The molecule has 0 aromatic heterocycles. The van der Waals surface area contributed by atoms with Crippen LogP contribution in [-0.4, -0.2) is 59.5 Å². The molecular weight excluding hydrogens is 306 g/mol. The van der Waals surface area contributed by atoms with E-state index >= 15 is 0 Å². The lowest BCUT2D eigenvalue weighted by Gasteiger charge is -2.26. The zero-order chi connectivity index (χ0) is 17.2. The third kappa shape index (κ3) is 6.23. The highest BCUT2D eigenvalue weighted by molar-refractivity contribution is 5.94. The molecule has 1 saturated heterocycles. The van der Waals surface area contributed by atoms with Crippen molar-refractivity contribution < 1.29 is 19.7 Å². The third-order valence-corrected chi connectivity index (χ3v) is 4.45. The zero-order valence-electron chi connectivity index (χ0n) is 14.3. The van der Waals surface area contributed by atoms with Crippen molar-refractivity contribution in [2.24, 2.45) is 0 Å². The van der Waals surface area contributed by atoms with E-state index in [9.17, 15) is 15.0 Å². The Labute approximate surface area is 144 Å². The van der Waals surface area contributed by atoms with Crippen molar-refractivity contribution in [1.82, 2.24) is 4.90 Å². The van der Waals surface area contributed by atoms with E-state index in [-0.39, 0.29) is 12.5 Å². The lowest BCUT2D eigenvalue weighted by molar-refractivity contribution is -0.0434. The second-order valence-corrected chi connectivity index (χ2v) is 6.42. The SMILES string of the molecule is O=C(c1ccccc1)N1CCCCCCCOC[C@@H](O)[C@@H](O)CC1. The molecule has 1 heterocycles. The van der Waals surface area contributed by atoms with Gasteiger partial charge in [0.2, 0.25) is 0 Å². The molecule has 1 aliphatic rings. The fourth-order valence-corrected chi connectivity index (χ4v) is 2.91. The Kier molecular flexibility index (Phi) is 8.22. The molecule has 5 heteroatoms. The van der Waals surface area contributed by atoms with Crippen LogP contribution in [0, 0.1) is 0 Å². The number of hydrogen-bond acceptors (Lipinski definition) is 4. The Balaban J connectivity index is 1.99. The van der Waals surface area contributed by atoms with E-state index in [4.69, 9.17) is 4.74 Å². The predicted molar refractivity (Wildman–Crippen MR) is 92.9 cm³/mol. The monoisotopic (exact) mass is 335 g/mol. The van der Waals surface area contributed by atoms with Crippen LogP contribution >= 0.6 is 0 Å². The molecule has 0 radical (unpaired) electrons. The van der Waals surface area contributed by atoms with Crippen molar-refractivity contribution in [1.29, 1.82) is 0 Å². The van der Waals surface area contributed by atoms with Gasteiger partial charge in [0.25, 0.3) is 5.91 Å². The first-order chi connectivity index (χ1) is 11.7. The first-order valence-electron chi connectivity index (χ1n) is 8.96. The van der Waals surface area contributed by atoms with Gasteiger partial charge in [0, 0.05) is 25.3 Å². The topological polar surface area (TPSA) is 70.0 Å². The van der Waals surface area contributed by atoms with Crippen LogP contribution in [0.5, 0.6) is 0 Å². The minimum Gasteiger partial charge on any atom is -0.390 e. The van der Waals surface area contributed by atoms with Crippen LogP contribution in [0.15, 0.2) is 30.3 Å². The van der Waals surface area contributed by atoms with Gasteiger partial charge in [-0.3, -0.25) is 4.79 Å². The van der Waals surface area contributed by atoms with Gasteiger partial charge in [-0.15, -0.1) is 0 Å². The van der Waals surface area contributed by atoms with Gasteiger partial charge in [0.15, 0.2) is 0 Å². The van der Waals surface area contributed by atoms with Gasteiger partial charge < -0.3 is 19.8 Å². The normalized spacial score (nSPS) is 25.0. The lowest BCUT2D eigenvalue weighted by atomic mass is 10.1. The Morgan fingerprint density at radius 3 is 2.46 bits per heavy atom. The van der Waals surface area contributed by atoms with E-state index in [1.807, 2.05) is 30.3 Å². The van der Waals surface area contributed by atoms with Crippen molar-refractivity contribution in [2.75, 3.05) is 26.3 Å². The number of aliphatic hydroxyl groups is 2. The summed E-state index contributed by atoms with van der Waals surface area (Å²) in [4.78, 5) is 14.5. The van der Waals surface area contributed by atoms with E-state index in [0.29, 0.717) is 31.7 Å². The van der Waals surface area contributed by atoms with Crippen LogP contribution in [-0.2, 0) is 4.74 Å². The minimum atomic E-state index is -0.901. The maximum absolute atomic E-state index is 12.7. The highest BCUT2D eigenvalue weighted by Crippen LogP contribution is 2.12. The highest BCUT2D eigenvalue weighted by Gasteiger charge is 2.21. The van der Waals surface area contributed by atoms with Gasteiger partial charge in [-0.05, 0) is 31.4 Å². The summed E-state index contributed by atoms with van der Waals surface area (Å²) in [7, 11) is 0. The Bertz CT molecular complexity index is 480. The van der Waals surface area contributed by atoms with Gasteiger partial charge in [0.1, 0.15) is 6.10 Å². The molecule has 0 bridgehead atoms. The molecule has 2 atom stereocenters. The standard InChI is InChI=1S/C19H29NO4/c21-17-11-13-20(19(23)16-9-5-4-6-10-16)12-7-2-1-3-8-14-24-15-18(17)22/h4-6,9-10,17-18,21-22H,1-3,7-8,11-15H2/t17-,18+/m0/s1. The molecule has 0 aliphatic carbocycles. The van der Waals surface area contributed by atoms with Crippen molar-refractivity contribution in [3.8, 4) is 0 Å². The summed E-state index contributed by atoms with van der Waals surface area (Å²) >= 11 is 0. The summed E-state index contributed by atoms with van der Waals surface area (Å²) < 4.78 is 5.41. The first-order valence-corrected chi connectivity index (χ1v) is 8.96. The summed E-state index contributed by atoms with van der Waals surface area (Å²) in [5.74, 6) is -0.0133. The van der Waals surface area contributed by atoms with E-state index in [0.717, 1.165) is 32.1 Å². The molecule has 5 nitrogen and oxygen atoms in total. The fourth-order valence-electron chi connectivity index (χ4n) is 2.91. The molecule has 1 aliphatic heterocycles. The molecule has 0 unspecified atom stereocenters. The Morgan fingerprint density at radius 2 is 1.67 bits per heavy atom. The smallest absolute Gasteiger partial charge is 0.253 e. The zero-order valence-corrected chi connectivity index (χ0v) is 14.3. The van der Waals surface area contributed by atoms with Gasteiger partial charge in [-0.25, -0.2) is 0 Å². The molecule has 134 valence electrons. The van der Waals surface area contributed by atoms with Crippen LogP contribution in [0.25, 0.3) is 0 Å². The molecule has 0 spiro atoms. The quantitative estimate of drug-likeness (QED) is 0.826. The average Bonchev–Trinajstić information content (AvgIpc) is 2.61. The summed E-state index contributed by atoms with van der Waals surface area (Å²) in [6, 6.07) is 9.22. The predicted octanol–water partition coefficient (Wildman–Crippen LogP) is 2.22. The number of ether oxygens (including phenoxy) is 1. The van der Waals surface area contributed by atoms with E-state index in [1.54, 1.807) is 4.90 Å². The number of hydrogen-bond donors (Lipinski definition) is 2. The Morgan fingerprint density at radius 1 is 0.958 bits per heavy atom. The van der Waals surface area contributed by atoms with Crippen molar-refractivity contribution in [2.45, 2.75) is 50.7 Å². The van der Waals surface area contributed by atoms with Crippen LogP contribution in [0.4, 0.5) is 0 Å². The number of carbonyl (C=O) groups is 1. The Hall–Kier alpha value is -1.43. The number of carbonyl (C=O) groups excluding carboxylic acids is 1. The number of amides is 1. The fraction of sp³-hybridized carbons (Fsp3) is 0.632. The first kappa shape index (κ1) is 18.9. The van der Waals surface area contributed by atoms with Crippen LogP contribution in [0.1, 0.15) is 48.9 Å². The summed E-state index contributed by atoms with van der Waals surface area (Å²) in [5, 5.41) is 20.0. The molecule has 1 amide bonds. The van der Waals surface area contributed by atoms with E-state index in [1.165, 1.54) is 0 Å².